The average Bonchev–Trinajstić information content (AvgIpc) is 2.77. The van der Waals surface area contributed by atoms with Gasteiger partial charge in [-0.25, -0.2) is 5.43 Å². The summed E-state index contributed by atoms with van der Waals surface area (Å²) in [6.07, 6.45) is 10.4. The predicted octanol–water partition coefficient (Wildman–Crippen LogP) is 3.63. The summed E-state index contributed by atoms with van der Waals surface area (Å²) in [5.41, 5.74) is 6.67. The minimum absolute atomic E-state index is 0.123. The van der Waals surface area contributed by atoms with Crippen LogP contribution in [0.2, 0.25) is 0 Å². The van der Waals surface area contributed by atoms with E-state index in [0.29, 0.717) is 0 Å². The van der Waals surface area contributed by atoms with Crippen LogP contribution in [0.5, 0.6) is 0 Å². The number of hydrogen-bond acceptors (Lipinski definition) is 3. The molecule has 3 rings (SSSR count). The molecule has 3 N–H and O–H groups in total. The summed E-state index contributed by atoms with van der Waals surface area (Å²) in [6, 6.07) is 10.6. The molecule has 0 saturated carbocycles. The molecule has 0 spiro atoms. The molecule has 1 aliphatic carbocycles. The summed E-state index contributed by atoms with van der Waals surface area (Å²) in [4.78, 5) is 4.37. The van der Waals surface area contributed by atoms with Gasteiger partial charge in [-0.2, -0.15) is 0 Å². The zero-order valence-electron chi connectivity index (χ0n) is 11.7. The lowest BCUT2D eigenvalue weighted by Gasteiger charge is -2.20. The number of nitrogens with one attached hydrogen (secondary N) is 1. The second kappa shape index (κ2) is 6.16. The second-order valence-electron chi connectivity index (χ2n) is 5.43. The van der Waals surface area contributed by atoms with Crippen molar-refractivity contribution in [3.8, 4) is 0 Å². The topological polar surface area (TPSA) is 50.9 Å². The fourth-order valence-corrected chi connectivity index (χ4v) is 2.99. The first-order valence-electron chi connectivity index (χ1n) is 7.38. The number of pyridine rings is 1. The third kappa shape index (κ3) is 2.74. The largest absolute Gasteiger partial charge is 0.271 e. The summed E-state index contributed by atoms with van der Waals surface area (Å²) in [6.45, 7) is 0. The van der Waals surface area contributed by atoms with Gasteiger partial charge in [0.1, 0.15) is 0 Å². The van der Waals surface area contributed by atoms with Gasteiger partial charge in [-0.1, -0.05) is 30.2 Å². The zero-order chi connectivity index (χ0) is 13.8. The van der Waals surface area contributed by atoms with Crippen molar-refractivity contribution < 1.29 is 0 Å². The van der Waals surface area contributed by atoms with Gasteiger partial charge in [0.2, 0.25) is 0 Å². The number of nitrogens with zero attached hydrogens (tertiary/aromatic N) is 1. The third-order valence-electron chi connectivity index (χ3n) is 4.07. The second-order valence-corrected chi connectivity index (χ2v) is 5.43. The average molecular weight is 267 g/mol. The van der Waals surface area contributed by atoms with Crippen molar-refractivity contribution >= 4 is 10.9 Å². The summed E-state index contributed by atoms with van der Waals surface area (Å²) in [7, 11) is 0. The highest BCUT2D eigenvalue weighted by Gasteiger charge is 2.16. The van der Waals surface area contributed by atoms with Gasteiger partial charge in [0.15, 0.2) is 0 Å². The molecule has 0 amide bonds. The van der Waals surface area contributed by atoms with Crippen molar-refractivity contribution in [2.75, 3.05) is 0 Å². The van der Waals surface area contributed by atoms with Crippen molar-refractivity contribution in [3.05, 3.63) is 53.7 Å². The minimum atomic E-state index is 0.123. The van der Waals surface area contributed by atoms with Crippen LogP contribution < -0.4 is 11.3 Å². The van der Waals surface area contributed by atoms with Crippen LogP contribution in [0.25, 0.3) is 10.9 Å². The molecule has 104 valence electrons. The van der Waals surface area contributed by atoms with Crippen LogP contribution in [0, 0.1) is 0 Å². The standard InChI is InChI=1S/C17H21N3/c18-20-17(13-6-3-1-2-4-7-13)15-9-10-16-14(12-15)8-5-11-19-16/h5-6,8-12,17,20H,1-4,7,18H2. The monoisotopic (exact) mass is 267 g/mol. The van der Waals surface area contributed by atoms with Crippen LogP contribution in [0.15, 0.2) is 48.2 Å². The number of hydrazine groups is 1. The number of allylic oxidation sites excluding steroid dienone is 1. The molecule has 3 nitrogen and oxygen atoms in total. The lowest BCUT2D eigenvalue weighted by atomic mass is 9.94. The van der Waals surface area contributed by atoms with Gasteiger partial charge in [0.05, 0.1) is 11.6 Å². The Morgan fingerprint density at radius 3 is 3.00 bits per heavy atom. The maximum absolute atomic E-state index is 5.82. The molecule has 1 heterocycles. The van der Waals surface area contributed by atoms with E-state index in [-0.39, 0.29) is 6.04 Å². The fourth-order valence-electron chi connectivity index (χ4n) is 2.99. The van der Waals surface area contributed by atoms with E-state index < -0.39 is 0 Å². The van der Waals surface area contributed by atoms with Crippen LogP contribution in [-0.2, 0) is 0 Å². The van der Waals surface area contributed by atoms with Crippen molar-refractivity contribution in [1.29, 1.82) is 0 Å². The Hall–Kier alpha value is -1.71. The van der Waals surface area contributed by atoms with Gasteiger partial charge < -0.3 is 0 Å². The van der Waals surface area contributed by atoms with E-state index in [0.717, 1.165) is 11.9 Å². The Kier molecular flexibility index (Phi) is 4.09. The van der Waals surface area contributed by atoms with Gasteiger partial charge in [-0.3, -0.25) is 10.8 Å². The van der Waals surface area contributed by atoms with Crippen molar-refractivity contribution in [1.82, 2.24) is 10.4 Å². The first-order valence-corrected chi connectivity index (χ1v) is 7.38. The molecule has 1 atom stereocenters. The Balaban J connectivity index is 1.95. The van der Waals surface area contributed by atoms with Gasteiger partial charge in [0.25, 0.3) is 0 Å². The van der Waals surface area contributed by atoms with Gasteiger partial charge in [-0.05, 0) is 49.4 Å². The molecule has 20 heavy (non-hydrogen) atoms. The molecule has 0 saturated heterocycles. The molecule has 0 radical (unpaired) electrons. The molecule has 1 aromatic heterocycles. The molecular formula is C17H21N3. The summed E-state index contributed by atoms with van der Waals surface area (Å²) >= 11 is 0. The number of nitrogens with two attached hydrogens (primary N) is 1. The van der Waals surface area contributed by atoms with Crippen LogP contribution in [0.3, 0.4) is 0 Å². The smallest absolute Gasteiger partial charge is 0.0702 e. The summed E-state index contributed by atoms with van der Waals surface area (Å²) in [5.74, 6) is 5.82. The first kappa shape index (κ1) is 13.3. The van der Waals surface area contributed by atoms with Gasteiger partial charge in [0, 0.05) is 11.6 Å². The summed E-state index contributed by atoms with van der Waals surface area (Å²) in [5, 5.41) is 1.17. The van der Waals surface area contributed by atoms with Crippen molar-refractivity contribution in [2.45, 2.75) is 38.1 Å². The van der Waals surface area contributed by atoms with Gasteiger partial charge >= 0.3 is 0 Å². The predicted molar refractivity (Wildman–Crippen MR) is 83.0 cm³/mol. The van der Waals surface area contributed by atoms with Crippen molar-refractivity contribution in [2.24, 2.45) is 5.84 Å². The normalized spacial score (nSPS) is 17.6. The summed E-state index contributed by atoms with van der Waals surface area (Å²) < 4.78 is 0. The first-order chi connectivity index (χ1) is 9.88. The SMILES string of the molecule is NNC(C1=CCCCCC1)c1ccc2ncccc2c1. The lowest BCUT2D eigenvalue weighted by molar-refractivity contribution is 0.593. The quantitative estimate of drug-likeness (QED) is 0.507. The molecule has 1 aliphatic rings. The molecular weight excluding hydrogens is 246 g/mol. The van der Waals surface area contributed by atoms with Crippen LogP contribution in [0.4, 0.5) is 0 Å². The van der Waals surface area contributed by atoms with Gasteiger partial charge in [-0.15, -0.1) is 0 Å². The molecule has 2 aromatic rings. The number of benzene rings is 1. The minimum Gasteiger partial charge on any atom is -0.271 e. The molecule has 1 aromatic carbocycles. The highest BCUT2D eigenvalue weighted by atomic mass is 15.2. The Bertz CT molecular complexity index is 618. The number of fused-ring (bicyclic) bond motifs is 1. The van der Waals surface area contributed by atoms with Crippen LogP contribution >= 0.6 is 0 Å². The van der Waals surface area contributed by atoms with E-state index in [1.807, 2.05) is 12.3 Å². The van der Waals surface area contributed by atoms with Crippen LogP contribution in [0.1, 0.15) is 43.7 Å². The molecule has 3 heteroatoms. The highest BCUT2D eigenvalue weighted by Crippen LogP contribution is 2.30. The number of rotatable bonds is 3. The molecule has 0 bridgehead atoms. The number of aromatic nitrogens is 1. The third-order valence-corrected chi connectivity index (χ3v) is 4.07. The Morgan fingerprint density at radius 1 is 1.15 bits per heavy atom. The van der Waals surface area contributed by atoms with Crippen molar-refractivity contribution in [3.63, 3.8) is 0 Å². The van der Waals surface area contributed by atoms with E-state index in [4.69, 9.17) is 5.84 Å². The van der Waals surface area contributed by atoms with E-state index in [1.165, 1.54) is 42.2 Å². The van der Waals surface area contributed by atoms with E-state index >= 15 is 0 Å². The van der Waals surface area contributed by atoms with E-state index in [1.54, 1.807) is 0 Å². The maximum atomic E-state index is 5.82. The Labute approximate surface area is 119 Å². The van der Waals surface area contributed by atoms with Crippen LogP contribution in [-0.4, -0.2) is 4.98 Å². The lowest BCUT2D eigenvalue weighted by Crippen LogP contribution is -2.29. The molecule has 0 aliphatic heterocycles. The van der Waals surface area contributed by atoms with E-state index in [2.05, 4.69) is 40.8 Å². The highest BCUT2D eigenvalue weighted by molar-refractivity contribution is 5.79. The fraction of sp³-hybridized carbons (Fsp3) is 0.353. The zero-order valence-corrected chi connectivity index (χ0v) is 11.7. The maximum Gasteiger partial charge on any atom is 0.0702 e. The van der Waals surface area contributed by atoms with E-state index in [9.17, 15) is 0 Å². The molecule has 0 fully saturated rings. The number of hydrogen-bond donors (Lipinski definition) is 2. The molecule has 1 unspecified atom stereocenters. The Morgan fingerprint density at radius 2 is 2.10 bits per heavy atom.